The molecule has 0 aliphatic heterocycles. The van der Waals surface area contributed by atoms with E-state index in [0.29, 0.717) is 4.57 Å². The number of benzene rings is 1. The molecule has 0 unspecified atom stereocenters. The van der Waals surface area contributed by atoms with Crippen molar-refractivity contribution >= 4 is 34.2 Å². The minimum Gasteiger partial charge on any atom is -0.312 e. The van der Waals surface area contributed by atoms with Crippen molar-refractivity contribution in [1.29, 1.82) is 5.26 Å². The molecule has 0 spiro atoms. The second-order valence-corrected chi connectivity index (χ2v) is 7.53. The van der Waals surface area contributed by atoms with Crippen LogP contribution < -0.4 is 16.8 Å². The van der Waals surface area contributed by atoms with Gasteiger partial charge in [0.2, 0.25) is 5.69 Å². The Bertz CT molecular complexity index is 1620. The third kappa shape index (κ3) is 4.04. The van der Waals surface area contributed by atoms with Crippen molar-refractivity contribution in [3.63, 3.8) is 0 Å². The van der Waals surface area contributed by atoms with E-state index < -0.39 is 35.2 Å². The Balaban J connectivity index is 1.90. The Morgan fingerprint density at radius 3 is 2.33 bits per heavy atom. The first-order valence-electron chi connectivity index (χ1n) is 8.91. The van der Waals surface area contributed by atoms with Crippen LogP contribution in [0.3, 0.4) is 0 Å². The number of H-pyrrole nitrogens is 1. The number of fused-ring (bicyclic) bond motifs is 1. The molecule has 0 aliphatic carbocycles. The number of aromatic amines is 1. The SMILES string of the molecule is N#Cc1nn(-c2cc(Cl)c(-n3ccc4c3ccc(=O)n4CC(F)(F)F)c(Cl)c2)c(=O)[nH]c1=O. The molecule has 0 saturated carbocycles. The van der Waals surface area contributed by atoms with Gasteiger partial charge in [-0.15, -0.1) is 5.10 Å². The van der Waals surface area contributed by atoms with Gasteiger partial charge in [0.25, 0.3) is 11.1 Å². The molecule has 4 aromatic rings. The molecule has 0 atom stereocenters. The van der Waals surface area contributed by atoms with E-state index in [9.17, 15) is 27.6 Å². The Morgan fingerprint density at radius 1 is 1.06 bits per heavy atom. The van der Waals surface area contributed by atoms with E-state index in [1.165, 1.54) is 35.0 Å². The van der Waals surface area contributed by atoms with Crippen LogP contribution in [0.25, 0.3) is 22.4 Å². The molecule has 0 fully saturated rings. The molecular weight excluding hydrogens is 488 g/mol. The lowest BCUT2D eigenvalue weighted by Gasteiger charge is -2.14. The average molecular weight is 497 g/mol. The lowest BCUT2D eigenvalue weighted by Crippen LogP contribution is -2.33. The molecular formula is C19H9Cl2F3N6O3. The van der Waals surface area contributed by atoms with Crippen molar-refractivity contribution in [2.75, 3.05) is 0 Å². The average Bonchev–Trinajstić information content (AvgIpc) is 3.13. The zero-order chi connectivity index (χ0) is 24.1. The Morgan fingerprint density at radius 2 is 1.73 bits per heavy atom. The summed E-state index contributed by atoms with van der Waals surface area (Å²) < 4.78 is 41.5. The summed E-state index contributed by atoms with van der Waals surface area (Å²) in [5, 5.41) is 12.6. The third-order valence-corrected chi connectivity index (χ3v) is 5.18. The van der Waals surface area contributed by atoms with Gasteiger partial charge in [0.15, 0.2) is 0 Å². The summed E-state index contributed by atoms with van der Waals surface area (Å²) in [6.45, 7) is -1.48. The summed E-state index contributed by atoms with van der Waals surface area (Å²) in [6.07, 6.45) is -3.22. The number of alkyl halides is 3. The number of pyridine rings is 1. The van der Waals surface area contributed by atoms with E-state index in [2.05, 4.69) is 5.10 Å². The number of nitrogens with zero attached hydrogens (tertiary/aromatic N) is 5. The number of nitriles is 1. The smallest absolute Gasteiger partial charge is 0.312 e. The van der Waals surface area contributed by atoms with E-state index in [1.807, 2.05) is 4.98 Å². The second-order valence-electron chi connectivity index (χ2n) is 6.72. The van der Waals surface area contributed by atoms with Crippen molar-refractivity contribution in [2.45, 2.75) is 12.7 Å². The first-order chi connectivity index (χ1) is 15.5. The maximum absolute atomic E-state index is 12.9. The predicted molar refractivity (Wildman–Crippen MR) is 112 cm³/mol. The number of rotatable bonds is 3. The maximum atomic E-state index is 12.9. The standard InChI is InChI=1S/C19H9Cl2F3N6O3/c20-10-5-9(30-18(33)26-17(32)12(7-25)27-30)6-11(21)16(10)28-4-3-14-13(28)1-2-15(31)29(14)8-19(22,23)24/h1-6H,8H2,(H,26,32,33). The zero-order valence-corrected chi connectivity index (χ0v) is 17.5. The minimum absolute atomic E-state index is 0.00761. The van der Waals surface area contributed by atoms with Crippen molar-refractivity contribution in [1.82, 2.24) is 23.9 Å². The van der Waals surface area contributed by atoms with Gasteiger partial charge in [0.05, 0.1) is 32.5 Å². The van der Waals surface area contributed by atoms with Gasteiger partial charge in [0, 0.05) is 12.3 Å². The van der Waals surface area contributed by atoms with E-state index >= 15 is 0 Å². The third-order valence-electron chi connectivity index (χ3n) is 4.60. The van der Waals surface area contributed by atoms with Gasteiger partial charge in [-0.25, -0.2) is 4.79 Å². The lowest BCUT2D eigenvalue weighted by molar-refractivity contribution is -0.140. The molecule has 0 radical (unpaired) electrons. The summed E-state index contributed by atoms with van der Waals surface area (Å²) in [5.41, 5.74) is -2.89. The fraction of sp³-hybridized carbons (Fsp3) is 0.105. The van der Waals surface area contributed by atoms with Gasteiger partial charge in [-0.1, -0.05) is 23.2 Å². The number of aromatic nitrogens is 5. The molecule has 1 N–H and O–H groups in total. The largest absolute Gasteiger partial charge is 0.406 e. The molecule has 33 heavy (non-hydrogen) atoms. The minimum atomic E-state index is -4.61. The molecule has 0 aliphatic rings. The summed E-state index contributed by atoms with van der Waals surface area (Å²) in [4.78, 5) is 37.6. The molecule has 0 bridgehead atoms. The number of halogens is 5. The van der Waals surface area contributed by atoms with Gasteiger partial charge in [0.1, 0.15) is 12.6 Å². The first kappa shape index (κ1) is 22.4. The quantitative estimate of drug-likeness (QED) is 0.467. The topological polar surface area (TPSA) is 118 Å². The highest BCUT2D eigenvalue weighted by molar-refractivity contribution is 6.38. The Hall–Kier alpha value is -3.82. The van der Waals surface area contributed by atoms with Gasteiger partial charge in [-0.2, -0.15) is 23.1 Å². The van der Waals surface area contributed by atoms with Gasteiger partial charge >= 0.3 is 11.9 Å². The molecule has 1 aromatic carbocycles. The second kappa shape index (κ2) is 7.95. The van der Waals surface area contributed by atoms with Crippen LogP contribution in [-0.2, 0) is 6.54 Å². The van der Waals surface area contributed by atoms with Crippen LogP contribution in [-0.4, -0.2) is 30.1 Å². The van der Waals surface area contributed by atoms with Crippen molar-refractivity contribution in [2.24, 2.45) is 0 Å². The van der Waals surface area contributed by atoms with Gasteiger partial charge < -0.3 is 4.57 Å². The Labute approximate surface area is 190 Å². The molecule has 0 amide bonds. The maximum Gasteiger partial charge on any atom is 0.406 e. The summed E-state index contributed by atoms with van der Waals surface area (Å²) >= 11 is 12.8. The van der Waals surface area contributed by atoms with Gasteiger partial charge in [-0.3, -0.25) is 19.1 Å². The predicted octanol–water partition coefficient (Wildman–Crippen LogP) is 2.77. The highest BCUT2D eigenvalue weighted by atomic mass is 35.5. The van der Waals surface area contributed by atoms with Crippen LogP contribution in [0.1, 0.15) is 5.69 Å². The van der Waals surface area contributed by atoms with Crippen LogP contribution in [0.2, 0.25) is 10.0 Å². The van der Waals surface area contributed by atoms with Crippen LogP contribution in [0.15, 0.2) is 50.9 Å². The molecule has 14 heteroatoms. The monoisotopic (exact) mass is 496 g/mol. The fourth-order valence-corrected chi connectivity index (χ4v) is 3.93. The van der Waals surface area contributed by atoms with Crippen molar-refractivity contribution < 1.29 is 13.2 Å². The van der Waals surface area contributed by atoms with Crippen LogP contribution >= 0.6 is 23.2 Å². The first-order valence-corrected chi connectivity index (χ1v) is 9.67. The van der Waals surface area contributed by atoms with Crippen LogP contribution in [0.5, 0.6) is 0 Å². The van der Waals surface area contributed by atoms with E-state index in [1.54, 1.807) is 6.07 Å². The van der Waals surface area contributed by atoms with Crippen molar-refractivity contribution in [3.8, 4) is 17.4 Å². The molecule has 3 aromatic heterocycles. The number of hydrogen-bond donors (Lipinski definition) is 1. The van der Waals surface area contributed by atoms with Crippen LogP contribution in [0, 0.1) is 11.3 Å². The fourth-order valence-electron chi connectivity index (χ4n) is 3.28. The van der Waals surface area contributed by atoms with E-state index in [-0.39, 0.29) is 32.5 Å². The normalized spacial score (nSPS) is 11.6. The molecule has 3 heterocycles. The summed E-state index contributed by atoms with van der Waals surface area (Å²) in [5.74, 6) is 0. The van der Waals surface area contributed by atoms with Crippen LogP contribution in [0.4, 0.5) is 13.2 Å². The van der Waals surface area contributed by atoms with E-state index in [4.69, 9.17) is 28.5 Å². The zero-order valence-electron chi connectivity index (χ0n) is 16.0. The van der Waals surface area contributed by atoms with Gasteiger partial charge in [-0.05, 0) is 24.3 Å². The molecule has 168 valence electrons. The lowest BCUT2D eigenvalue weighted by atomic mass is 10.2. The molecule has 4 rings (SSSR count). The molecule has 0 saturated heterocycles. The van der Waals surface area contributed by atoms with E-state index in [0.717, 1.165) is 10.7 Å². The van der Waals surface area contributed by atoms with Crippen molar-refractivity contribution in [3.05, 3.63) is 83.5 Å². The number of hydrogen-bond acceptors (Lipinski definition) is 5. The highest BCUT2D eigenvalue weighted by Crippen LogP contribution is 2.34. The summed E-state index contributed by atoms with van der Waals surface area (Å²) in [6, 6.07) is 7.73. The summed E-state index contributed by atoms with van der Waals surface area (Å²) in [7, 11) is 0. The molecule has 9 nitrogen and oxygen atoms in total. The highest BCUT2D eigenvalue weighted by Gasteiger charge is 2.29. The Kier molecular flexibility index (Phi) is 5.39. The number of nitrogens with one attached hydrogen (secondary N) is 1.